The number of aromatic nitrogens is 1. The molecule has 128 valence electrons. The van der Waals surface area contributed by atoms with Crippen LogP contribution >= 0.6 is 27.3 Å². The molecule has 3 rings (SSSR count). The molecular formula is C20H14BrN3OS. The normalized spacial score (nSPS) is 11.0. The number of thiazole rings is 1. The van der Waals surface area contributed by atoms with E-state index in [-0.39, 0.29) is 5.57 Å². The van der Waals surface area contributed by atoms with Gasteiger partial charge < -0.3 is 0 Å². The van der Waals surface area contributed by atoms with Crippen molar-refractivity contribution in [2.24, 2.45) is 0 Å². The SMILES string of the molecule is N#C/C(=C\c1ccccc1)C(=O)Nc1ncc(Cc2ccc(Br)cc2)s1. The highest BCUT2D eigenvalue weighted by atomic mass is 79.9. The minimum Gasteiger partial charge on any atom is -0.297 e. The number of carbonyl (C=O) groups excluding carboxylic acids is 1. The summed E-state index contributed by atoms with van der Waals surface area (Å²) in [5, 5.41) is 12.4. The van der Waals surface area contributed by atoms with Crippen LogP contribution in [0.1, 0.15) is 16.0 Å². The molecule has 0 radical (unpaired) electrons. The van der Waals surface area contributed by atoms with Crippen LogP contribution < -0.4 is 5.32 Å². The number of carbonyl (C=O) groups is 1. The lowest BCUT2D eigenvalue weighted by atomic mass is 10.1. The number of nitriles is 1. The molecule has 0 unspecified atom stereocenters. The molecule has 3 aromatic rings. The minimum atomic E-state index is -0.458. The molecule has 0 saturated heterocycles. The smallest absolute Gasteiger partial charge is 0.268 e. The average molecular weight is 424 g/mol. The Kier molecular flexibility index (Phi) is 5.95. The van der Waals surface area contributed by atoms with Crippen LogP contribution in [0, 0.1) is 11.3 Å². The number of rotatable bonds is 5. The fourth-order valence-electron chi connectivity index (χ4n) is 2.28. The molecule has 0 aliphatic carbocycles. The van der Waals surface area contributed by atoms with Crippen LogP contribution in [-0.4, -0.2) is 10.9 Å². The fourth-order valence-corrected chi connectivity index (χ4v) is 3.39. The van der Waals surface area contributed by atoms with E-state index in [1.807, 2.05) is 60.7 Å². The fraction of sp³-hybridized carbons (Fsp3) is 0.0500. The van der Waals surface area contributed by atoms with Gasteiger partial charge in [-0.15, -0.1) is 11.3 Å². The third kappa shape index (κ3) is 4.88. The highest BCUT2D eigenvalue weighted by Gasteiger charge is 2.12. The van der Waals surface area contributed by atoms with Gasteiger partial charge in [-0.05, 0) is 29.3 Å². The van der Waals surface area contributed by atoms with Crippen LogP contribution in [0.25, 0.3) is 6.08 Å². The van der Waals surface area contributed by atoms with Crippen molar-refractivity contribution in [2.45, 2.75) is 6.42 Å². The number of benzene rings is 2. The second-order valence-corrected chi connectivity index (χ2v) is 7.50. The first-order valence-corrected chi connectivity index (χ1v) is 9.42. The molecule has 0 fully saturated rings. The first-order valence-electron chi connectivity index (χ1n) is 7.81. The van der Waals surface area contributed by atoms with Gasteiger partial charge in [-0.3, -0.25) is 10.1 Å². The van der Waals surface area contributed by atoms with E-state index in [0.29, 0.717) is 5.13 Å². The third-order valence-corrected chi connectivity index (χ3v) is 4.98. The molecule has 1 heterocycles. The van der Waals surface area contributed by atoms with Crippen molar-refractivity contribution in [3.63, 3.8) is 0 Å². The van der Waals surface area contributed by atoms with Gasteiger partial charge in [-0.25, -0.2) is 4.98 Å². The van der Waals surface area contributed by atoms with Gasteiger partial charge in [-0.1, -0.05) is 58.4 Å². The zero-order chi connectivity index (χ0) is 18.4. The van der Waals surface area contributed by atoms with E-state index in [9.17, 15) is 10.1 Å². The van der Waals surface area contributed by atoms with E-state index < -0.39 is 5.91 Å². The Morgan fingerprint density at radius 2 is 1.92 bits per heavy atom. The first kappa shape index (κ1) is 18.1. The number of halogens is 1. The largest absolute Gasteiger partial charge is 0.297 e. The summed E-state index contributed by atoms with van der Waals surface area (Å²) in [5.41, 5.74) is 2.01. The second kappa shape index (κ2) is 8.56. The predicted octanol–water partition coefficient (Wildman–Crippen LogP) is 5.04. The highest BCUT2D eigenvalue weighted by Crippen LogP contribution is 2.22. The van der Waals surface area contributed by atoms with Crippen LogP contribution in [0.2, 0.25) is 0 Å². The molecule has 0 saturated carbocycles. The number of nitrogens with zero attached hydrogens (tertiary/aromatic N) is 2. The predicted molar refractivity (Wildman–Crippen MR) is 108 cm³/mol. The van der Waals surface area contributed by atoms with Crippen molar-refractivity contribution in [1.29, 1.82) is 5.26 Å². The van der Waals surface area contributed by atoms with Crippen LogP contribution in [-0.2, 0) is 11.2 Å². The summed E-state index contributed by atoms with van der Waals surface area (Å²) in [5.74, 6) is -0.458. The molecule has 1 amide bonds. The third-order valence-electron chi connectivity index (χ3n) is 3.54. The Bertz CT molecular complexity index is 972. The van der Waals surface area contributed by atoms with Crippen LogP contribution in [0.4, 0.5) is 5.13 Å². The topological polar surface area (TPSA) is 65.8 Å². The number of anilines is 1. The van der Waals surface area contributed by atoms with Crippen LogP contribution in [0.3, 0.4) is 0 Å². The molecule has 26 heavy (non-hydrogen) atoms. The summed E-state index contributed by atoms with van der Waals surface area (Å²) in [6.07, 6.45) is 4.05. The maximum atomic E-state index is 12.3. The lowest BCUT2D eigenvalue weighted by Crippen LogP contribution is -2.13. The molecule has 6 heteroatoms. The molecule has 2 aromatic carbocycles. The number of hydrogen-bond donors (Lipinski definition) is 1. The summed E-state index contributed by atoms with van der Waals surface area (Å²) < 4.78 is 1.03. The van der Waals surface area contributed by atoms with Crippen molar-refractivity contribution in [1.82, 2.24) is 4.98 Å². The zero-order valence-corrected chi connectivity index (χ0v) is 16.0. The Morgan fingerprint density at radius 3 is 2.62 bits per heavy atom. The molecule has 4 nitrogen and oxygen atoms in total. The van der Waals surface area contributed by atoms with E-state index >= 15 is 0 Å². The maximum Gasteiger partial charge on any atom is 0.268 e. The van der Waals surface area contributed by atoms with E-state index in [1.54, 1.807) is 12.3 Å². The molecule has 0 aliphatic rings. The van der Waals surface area contributed by atoms with Gasteiger partial charge in [0.05, 0.1) is 0 Å². The zero-order valence-electron chi connectivity index (χ0n) is 13.6. The monoisotopic (exact) mass is 423 g/mol. The summed E-state index contributed by atoms with van der Waals surface area (Å²) in [7, 11) is 0. The molecule has 0 aliphatic heterocycles. The lowest BCUT2D eigenvalue weighted by molar-refractivity contribution is -0.112. The van der Waals surface area contributed by atoms with Crippen molar-refractivity contribution in [3.8, 4) is 6.07 Å². The number of hydrogen-bond acceptors (Lipinski definition) is 4. The Morgan fingerprint density at radius 1 is 1.19 bits per heavy atom. The van der Waals surface area contributed by atoms with Gasteiger partial charge in [0, 0.05) is 22.0 Å². The van der Waals surface area contributed by atoms with E-state index in [2.05, 4.69) is 26.2 Å². The maximum absolute atomic E-state index is 12.3. The van der Waals surface area contributed by atoms with Gasteiger partial charge in [0.25, 0.3) is 5.91 Å². The lowest BCUT2D eigenvalue weighted by Gasteiger charge is -2.00. The van der Waals surface area contributed by atoms with Gasteiger partial charge >= 0.3 is 0 Å². The number of nitrogens with one attached hydrogen (secondary N) is 1. The highest BCUT2D eigenvalue weighted by molar-refractivity contribution is 9.10. The van der Waals surface area contributed by atoms with Gasteiger partial charge in [0.1, 0.15) is 11.6 Å². The van der Waals surface area contributed by atoms with Crippen LogP contribution in [0.5, 0.6) is 0 Å². The van der Waals surface area contributed by atoms with Crippen molar-refractivity contribution in [2.75, 3.05) is 5.32 Å². The van der Waals surface area contributed by atoms with Crippen molar-refractivity contribution < 1.29 is 4.79 Å². The quantitative estimate of drug-likeness (QED) is 0.461. The molecular weight excluding hydrogens is 410 g/mol. The Labute approximate surface area is 164 Å². The van der Waals surface area contributed by atoms with Gasteiger partial charge in [-0.2, -0.15) is 5.26 Å². The molecule has 0 atom stereocenters. The molecule has 0 spiro atoms. The van der Waals surface area contributed by atoms with Gasteiger partial charge in [0.15, 0.2) is 5.13 Å². The first-order chi connectivity index (χ1) is 12.6. The second-order valence-electron chi connectivity index (χ2n) is 5.47. The summed E-state index contributed by atoms with van der Waals surface area (Å²) >= 11 is 4.82. The molecule has 0 bridgehead atoms. The van der Waals surface area contributed by atoms with Gasteiger partial charge in [0.2, 0.25) is 0 Å². The molecule has 1 N–H and O–H groups in total. The summed E-state index contributed by atoms with van der Waals surface area (Å²) in [6.45, 7) is 0. The van der Waals surface area contributed by atoms with Crippen molar-refractivity contribution >= 4 is 44.4 Å². The average Bonchev–Trinajstić information content (AvgIpc) is 3.09. The summed E-state index contributed by atoms with van der Waals surface area (Å²) in [4.78, 5) is 17.6. The Hall–Kier alpha value is -2.75. The van der Waals surface area contributed by atoms with E-state index in [4.69, 9.17) is 0 Å². The van der Waals surface area contributed by atoms with E-state index in [1.165, 1.54) is 11.3 Å². The van der Waals surface area contributed by atoms with Crippen molar-refractivity contribution in [3.05, 3.63) is 86.8 Å². The molecule has 1 aromatic heterocycles. The van der Waals surface area contributed by atoms with Crippen LogP contribution in [0.15, 0.2) is 70.8 Å². The summed E-state index contributed by atoms with van der Waals surface area (Å²) in [6, 6.07) is 19.3. The Balaban J connectivity index is 1.68. The number of amides is 1. The van der Waals surface area contributed by atoms with E-state index in [0.717, 1.165) is 26.9 Å². The minimum absolute atomic E-state index is 0.0425. The standard InChI is InChI=1S/C20H14BrN3OS/c21-17-8-6-15(7-9-17)11-18-13-23-20(26-18)24-19(25)16(12-22)10-14-4-2-1-3-5-14/h1-10,13H,11H2,(H,23,24,25)/b16-10+.